The van der Waals surface area contributed by atoms with Crippen LogP contribution in [0.3, 0.4) is 0 Å². The molecule has 1 atom stereocenters. The molecule has 3 rings (SSSR count). The zero-order valence-electron chi connectivity index (χ0n) is 14.5. The topological polar surface area (TPSA) is 113 Å². The number of amides is 1. The number of benzene rings is 2. The highest BCUT2D eigenvalue weighted by Gasteiger charge is 2.28. The largest absolute Gasteiger partial charge is 0.480 e. The summed E-state index contributed by atoms with van der Waals surface area (Å²) in [6.45, 7) is 0. The van der Waals surface area contributed by atoms with Crippen LogP contribution in [-0.4, -0.2) is 37.5 Å². The van der Waals surface area contributed by atoms with E-state index in [1.807, 2.05) is 6.07 Å². The van der Waals surface area contributed by atoms with E-state index in [1.54, 1.807) is 24.3 Å². The number of hydrogen-bond acceptors (Lipinski definition) is 4. The molecule has 0 spiro atoms. The van der Waals surface area contributed by atoms with Crippen molar-refractivity contribution in [3.05, 3.63) is 65.7 Å². The highest BCUT2D eigenvalue weighted by atomic mass is 32.2. The Labute approximate surface area is 157 Å². The van der Waals surface area contributed by atoms with E-state index < -0.39 is 27.9 Å². The van der Waals surface area contributed by atoms with E-state index in [1.165, 1.54) is 24.3 Å². The summed E-state index contributed by atoms with van der Waals surface area (Å²) in [6.07, 6.45) is 1.81. The van der Waals surface area contributed by atoms with E-state index in [4.69, 9.17) is 0 Å². The Morgan fingerprint density at radius 1 is 1.04 bits per heavy atom. The van der Waals surface area contributed by atoms with Crippen molar-refractivity contribution < 1.29 is 23.1 Å². The molecular formula is C19H20N2O5S. The summed E-state index contributed by atoms with van der Waals surface area (Å²) >= 11 is 0. The number of carbonyl (C=O) groups is 2. The molecule has 0 heterocycles. The van der Waals surface area contributed by atoms with E-state index in [9.17, 15) is 23.1 Å². The molecule has 1 amide bonds. The van der Waals surface area contributed by atoms with Crippen LogP contribution in [0.4, 0.5) is 0 Å². The van der Waals surface area contributed by atoms with Crippen molar-refractivity contribution in [1.82, 2.24) is 10.0 Å². The van der Waals surface area contributed by atoms with Crippen molar-refractivity contribution in [2.24, 2.45) is 0 Å². The number of carboxylic acids is 1. The lowest BCUT2D eigenvalue weighted by molar-refractivity contribution is -0.139. The Hall–Kier alpha value is -2.71. The molecule has 1 unspecified atom stereocenters. The van der Waals surface area contributed by atoms with E-state index in [0.29, 0.717) is 0 Å². The van der Waals surface area contributed by atoms with E-state index in [0.717, 1.165) is 18.4 Å². The lowest BCUT2D eigenvalue weighted by atomic mass is 10.1. The minimum absolute atomic E-state index is 0.00714. The Morgan fingerprint density at radius 2 is 1.67 bits per heavy atom. The van der Waals surface area contributed by atoms with Gasteiger partial charge in [0.15, 0.2) is 0 Å². The van der Waals surface area contributed by atoms with Crippen LogP contribution in [0.15, 0.2) is 59.5 Å². The highest BCUT2D eigenvalue weighted by molar-refractivity contribution is 7.89. The first kappa shape index (κ1) is 19.1. The fraction of sp³-hybridized carbons (Fsp3) is 0.263. The molecule has 1 fully saturated rings. The second kappa shape index (κ2) is 7.89. The Balaban J connectivity index is 1.68. The molecule has 27 heavy (non-hydrogen) atoms. The minimum Gasteiger partial charge on any atom is -0.480 e. The maximum absolute atomic E-state index is 12.4. The molecular weight excluding hydrogens is 368 g/mol. The first-order valence-corrected chi connectivity index (χ1v) is 10.0. The second-order valence-electron chi connectivity index (χ2n) is 6.47. The van der Waals surface area contributed by atoms with Crippen LogP contribution in [0.1, 0.15) is 28.8 Å². The van der Waals surface area contributed by atoms with Crippen LogP contribution >= 0.6 is 0 Å². The molecule has 1 aliphatic rings. The summed E-state index contributed by atoms with van der Waals surface area (Å²) in [5, 5.41) is 11.8. The average Bonchev–Trinajstić information content (AvgIpc) is 3.45. The highest BCUT2D eigenvalue weighted by Crippen LogP contribution is 2.22. The number of hydrogen-bond donors (Lipinski definition) is 3. The number of rotatable bonds is 8. The van der Waals surface area contributed by atoms with Gasteiger partial charge in [-0.2, -0.15) is 0 Å². The lowest BCUT2D eigenvalue weighted by Crippen LogP contribution is -2.42. The third-order valence-corrected chi connectivity index (χ3v) is 5.75. The Morgan fingerprint density at radius 3 is 2.22 bits per heavy atom. The van der Waals surface area contributed by atoms with Crippen molar-refractivity contribution in [3.63, 3.8) is 0 Å². The molecule has 0 bridgehead atoms. The van der Waals surface area contributed by atoms with Gasteiger partial charge in [0.25, 0.3) is 5.91 Å². The van der Waals surface area contributed by atoms with Crippen LogP contribution in [0.5, 0.6) is 0 Å². The fourth-order valence-electron chi connectivity index (χ4n) is 2.57. The molecule has 0 aliphatic heterocycles. The van der Waals surface area contributed by atoms with Crippen molar-refractivity contribution in [2.75, 3.05) is 0 Å². The van der Waals surface area contributed by atoms with E-state index in [-0.39, 0.29) is 22.9 Å². The molecule has 7 nitrogen and oxygen atoms in total. The monoisotopic (exact) mass is 388 g/mol. The summed E-state index contributed by atoms with van der Waals surface area (Å²) in [5.74, 6) is -1.71. The number of sulfonamides is 1. The van der Waals surface area contributed by atoms with Crippen LogP contribution in [0, 0.1) is 0 Å². The zero-order valence-corrected chi connectivity index (χ0v) is 15.3. The van der Waals surface area contributed by atoms with Gasteiger partial charge in [-0.25, -0.2) is 17.9 Å². The van der Waals surface area contributed by atoms with Crippen molar-refractivity contribution >= 4 is 21.9 Å². The van der Waals surface area contributed by atoms with Gasteiger partial charge in [0.2, 0.25) is 10.0 Å². The second-order valence-corrected chi connectivity index (χ2v) is 8.19. The standard InChI is InChI=1S/C19H20N2O5S/c22-18(20-17(19(23)24)12-13-4-2-1-3-5-13)14-6-10-16(11-7-14)27(25,26)21-15-8-9-15/h1-7,10-11,15,17,21H,8-9,12H2,(H,20,22)(H,23,24). The third-order valence-electron chi connectivity index (χ3n) is 4.21. The molecule has 2 aromatic rings. The van der Waals surface area contributed by atoms with Gasteiger partial charge in [-0.3, -0.25) is 4.79 Å². The van der Waals surface area contributed by atoms with Gasteiger partial charge in [0.05, 0.1) is 4.90 Å². The summed E-state index contributed by atoms with van der Waals surface area (Å²) in [6, 6.07) is 13.3. The molecule has 1 saturated carbocycles. The fourth-order valence-corrected chi connectivity index (χ4v) is 3.87. The molecule has 0 radical (unpaired) electrons. The average molecular weight is 388 g/mol. The molecule has 0 saturated heterocycles. The maximum atomic E-state index is 12.4. The molecule has 3 N–H and O–H groups in total. The molecule has 2 aromatic carbocycles. The molecule has 8 heteroatoms. The van der Waals surface area contributed by atoms with Crippen LogP contribution in [-0.2, 0) is 21.2 Å². The van der Waals surface area contributed by atoms with Gasteiger partial charge in [0, 0.05) is 18.0 Å². The van der Waals surface area contributed by atoms with Gasteiger partial charge < -0.3 is 10.4 Å². The first-order valence-electron chi connectivity index (χ1n) is 8.55. The van der Waals surface area contributed by atoms with Gasteiger partial charge in [0.1, 0.15) is 6.04 Å². The van der Waals surface area contributed by atoms with Crippen molar-refractivity contribution in [3.8, 4) is 0 Å². The summed E-state index contributed by atoms with van der Waals surface area (Å²) in [7, 11) is -3.59. The Kier molecular flexibility index (Phi) is 5.57. The third kappa shape index (κ3) is 5.15. The van der Waals surface area contributed by atoms with Crippen LogP contribution in [0.2, 0.25) is 0 Å². The van der Waals surface area contributed by atoms with Crippen molar-refractivity contribution in [2.45, 2.75) is 36.2 Å². The summed E-state index contributed by atoms with van der Waals surface area (Å²) in [4.78, 5) is 23.9. The van der Waals surface area contributed by atoms with E-state index >= 15 is 0 Å². The zero-order chi connectivity index (χ0) is 19.4. The smallest absolute Gasteiger partial charge is 0.326 e. The number of carbonyl (C=O) groups excluding carboxylic acids is 1. The number of aliphatic carboxylic acids is 1. The first-order chi connectivity index (χ1) is 12.8. The molecule has 142 valence electrons. The predicted octanol–water partition coefficient (Wildman–Crippen LogP) is 1.55. The van der Waals surface area contributed by atoms with Gasteiger partial charge in [-0.05, 0) is 42.7 Å². The summed E-state index contributed by atoms with van der Waals surface area (Å²) < 4.78 is 26.9. The van der Waals surface area contributed by atoms with Crippen LogP contribution < -0.4 is 10.0 Å². The minimum atomic E-state index is -3.59. The number of carboxylic acid groups (broad SMARTS) is 1. The normalized spacial score (nSPS) is 15.1. The van der Waals surface area contributed by atoms with Gasteiger partial charge in [-0.1, -0.05) is 30.3 Å². The predicted molar refractivity (Wildman–Crippen MR) is 98.8 cm³/mol. The quantitative estimate of drug-likeness (QED) is 0.635. The number of nitrogens with one attached hydrogen (secondary N) is 2. The summed E-state index contributed by atoms with van der Waals surface area (Å²) in [5.41, 5.74) is 0.984. The Bertz CT molecular complexity index is 922. The molecule has 1 aliphatic carbocycles. The van der Waals surface area contributed by atoms with Gasteiger partial charge >= 0.3 is 5.97 Å². The van der Waals surface area contributed by atoms with E-state index in [2.05, 4.69) is 10.0 Å². The van der Waals surface area contributed by atoms with Crippen LogP contribution in [0.25, 0.3) is 0 Å². The van der Waals surface area contributed by atoms with Gasteiger partial charge in [-0.15, -0.1) is 0 Å². The molecule has 0 aromatic heterocycles. The SMILES string of the molecule is O=C(NC(Cc1ccccc1)C(=O)O)c1ccc(S(=O)(=O)NC2CC2)cc1. The lowest BCUT2D eigenvalue weighted by Gasteiger charge is -2.15. The maximum Gasteiger partial charge on any atom is 0.326 e. The van der Waals surface area contributed by atoms with Crippen molar-refractivity contribution in [1.29, 1.82) is 0 Å².